The molecular formula is C23H30N6O2. The van der Waals surface area contributed by atoms with Gasteiger partial charge in [0.25, 0.3) is 5.91 Å². The van der Waals surface area contributed by atoms with Gasteiger partial charge in [-0.05, 0) is 43.0 Å². The lowest BCUT2D eigenvalue weighted by atomic mass is 10.1. The molecule has 1 aromatic carbocycles. The number of fused-ring (bicyclic) bond motifs is 1. The third-order valence-electron chi connectivity index (χ3n) is 5.93. The largest absolute Gasteiger partial charge is 0.404 e. The highest BCUT2D eigenvalue weighted by Crippen LogP contribution is 2.29. The predicted octanol–water partition coefficient (Wildman–Crippen LogP) is 1.98. The molecule has 2 aromatic rings. The summed E-state index contributed by atoms with van der Waals surface area (Å²) in [4.78, 5) is 19.9. The Morgan fingerprint density at radius 2 is 2.10 bits per heavy atom. The average molecular weight is 423 g/mol. The first kappa shape index (κ1) is 21.3. The Bertz CT molecular complexity index is 966. The minimum absolute atomic E-state index is 0.161. The van der Waals surface area contributed by atoms with Crippen LogP contribution < -0.4 is 16.4 Å². The Hall–Kier alpha value is -2.97. The quantitative estimate of drug-likeness (QED) is 0.459. The summed E-state index contributed by atoms with van der Waals surface area (Å²) in [7, 11) is 0. The van der Waals surface area contributed by atoms with Crippen LogP contribution >= 0.6 is 0 Å². The molecule has 0 spiro atoms. The van der Waals surface area contributed by atoms with Crippen molar-refractivity contribution in [3.8, 4) is 0 Å². The number of anilines is 1. The van der Waals surface area contributed by atoms with Gasteiger partial charge in [0.05, 0.1) is 24.8 Å². The fourth-order valence-corrected chi connectivity index (χ4v) is 3.91. The molecule has 1 amide bonds. The van der Waals surface area contributed by atoms with Crippen molar-refractivity contribution in [2.75, 3.05) is 44.7 Å². The molecule has 164 valence electrons. The molecule has 2 aliphatic rings. The van der Waals surface area contributed by atoms with Gasteiger partial charge >= 0.3 is 0 Å². The van der Waals surface area contributed by atoms with E-state index < -0.39 is 0 Å². The van der Waals surface area contributed by atoms with Crippen LogP contribution in [-0.4, -0.2) is 67.4 Å². The molecule has 1 aliphatic heterocycles. The molecule has 0 bridgehead atoms. The van der Waals surface area contributed by atoms with Crippen molar-refractivity contribution < 1.29 is 9.53 Å². The van der Waals surface area contributed by atoms with E-state index in [9.17, 15) is 4.79 Å². The van der Waals surface area contributed by atoms with Crippen LogP contribution in [0.15, 0.2) is 42.1 Å². The van der Waals surface area contributed by atoms with Crippen LogP contribution in [0.25, 0.3) is 10.9 Å². The molecule has 2 heterocycles. The van der Waals surface area contributed by atoms with E-state index >= 15 is 0 Å². The van der Waals surface area contributed by atoms with Gasteiger partial charge in [0.2, 0.25) is 0 Å². The third kappa shape index (κ3) is 5.21. The summed E-state index contributed by atoms with van der Waals surface area (Å²) in [6, 6.07) is 9.32. The number of hydrogen-bond donors (Lipinski definition) is 4. The minimum Gasteiger partial charge on any atom is -0.404 e. The third-order valence-corrected chi connectivity index (χ3v) is 5.93. The number of nitrogens with zero attached hydrogens (tertiary/aromatic N) is 2. The van der Waals surface area contributed by atoms with Crippen LogP contribution in [0.5, 0.6) is 0 Å². The Labute approximate surface area is 182 Å². The summed E-state index contributed by atoms with van der Waals surface area (Å²) >= 11 is 0. The van der Waals surface area contributed by atoms with Crippen LogP contribution in [0.1, 0.15) is 23.2 Å². The second-order valence-corrected chi connectivity index (χ2v) is 8.08. The summed E-state index contributed by atoms with van der Waals surface area (Å²) in [5.74, 6) is 1.45. The lowest BCUT2D eigenvalue weighted by Crippen LogP contribution is -2.50. The van der Waals surface area contributed by atoms with Crippen LogP contribution in [-0.2, 0) is 4.74 Å². The summed E-state index contributed by atoms with van der Waals surface area (Å²) in [6.45, 7) is 4.05. The fourth-order valence-electron chi connectivity index (χ4n) is 3.91. The van der Waals surface area contributed by atoms with Crippen LogP contribution in [0.2, 0.25) is 0 Å². The second-order valence-electron chi connectivity index (χ2n) is 8.08. The molecule has 1 aliphatic carbocycles. The maximum atomic E-state index is 13.0. The molecule has 5 N–H and O–H groups in total. The highest BCUT2D eigenvalue weighted by molar-refractivity contribution is 6.06. The monoisotopic (exact) mass is 422 g/mol. The lowest BCUT2D eigenvalue weighted by molar-refractivity contribution is 0.0247. The van der Waals surface area contributed by atoms with Crippen molar-refractivity contribution in [3.63, 3.8) is 0 Å². The summed E-state index contributed by atoms with van der Waals surface area (Å²) in [5, 5.41) is 14.9. The number of nitrogens with one attached hydrogen (secondary N) is 3. The smallest absolute Gasteiger partial charge is 0.252 e. The molecular weight excluding hydrogens is 392 g/mol. The molecule has 31 heavy (non-hydrogen) atoms. The summed E-state index contributed by atoms with van der Waals surface area (Å²) < 4.78 is 5.43. The van der Waals surface area contributed by atoms with Crippen molar-refractivity contribution in [1.29, 1.82) is 5.41 Å². The van der Waals surface area contributed by atoms with Gasteiger partial charge in [-0.1, -0.05) is 6.07 Å². The maximum absolute atomic E-state index is 13.0. The standard InChI is InChI=1S/C23H30N6O2/c24-12-17(13-25)21(29-8-10-31-11-9-29)15-27-23(30)19-2-1-3-20-18(19)6-7-22(28-20)26-14-16-4-5-16/h1-3,6-7,12-13,16,21,24H,4-5,8-11,14-15,25H2,(H,26,28)(H,27,30)/b17-13+,24-12?. The van der Waals surface area contributed by atoms with Crippen molar-refractivity contribution in [2.45, 2.75) is 18.9 Å². The topological polar surface area (TPSA) is 116 Å². The van der Waals surface area contributed by atoms with E-state index in [1.54, 1.807) is 0 Å². The first-order chi connectivity index (χ1) is 15.2. The normalized spacial score (nSPS) is 18.5. The molecule has 1 aromatic heterocycles. The number of pyridine rings is 1. The van der Waals surface area contributed by atoms with E-state index in [-0.39, 0.29) is 11.9 Å². The number of carbonyl (C=O) groups excluding carboxylic acids is 1. The van der Waals surface area contributed by atoms with Gasteiger partial charge in [0.1, 0.15) is 5.82 Å². The van der Waals surface area contributed by atoms with Gasteiger partial charge in [-0.3, -0.25) is 9.69 Å². The predicted molar refractivity (Wildman–Crippen MR) is 123 cm³/mol. The number of benzene rings is 1. The number of ether oxygens (including phenoxy) is 1. The lowest BCUT2D eigenvalue weighted by Gasteiger charge is -2.35. The summed E-state index contributed by atoms with van der Waals surface area (Å²) in [5.41, 5.74) is 7.80. The van der Waals surface area contributed by atoms with Gasteiger partial charge in [-0.2, -0.15) is 0 Å². The highest BCUT2D eigenvalue weighted by Gasteiger charge is 2.25. The zero-order valence-corrected chi connectivity index (χ0v) is 17.6. The molecule has 1 unspecified atom stereocenters. The van der Waals surface area contributed by atoms with Gasteiger partial charge < -0.3 is 26.5 Å². The molecule has 8 nitrogen and oxygen atoms in total. The SMILES string of the molecule is N=C/C(=C\N)C(CNC(=O)c1cccc2nc(NCC3CC3)ccc12)N1CCOCC1. The maximum Gasteiger partial charge on any atom is 0.252 e. The molecule has 2 fully saturated rings. The summed E-state index contributed by atoms with van der Waals surface area (Å²) in [6.07, 6.45) is 5.27. The Morgan fingerprint density at radius 3 is 2.81 bits per heavy atom. The fraction of sp³-hybridized carbons (Fsp3) is 0.435. The Morgan fingerprint density at radius 1 is 1.29 bits per heavy atom. The average Bonchev–Trinajstić information content (AvgIpc) is 3.65. The van der Waals surface area contributed by atoms with Gasteiger partial charge in [0, 0.05) is 55.1 Å². The first-order valence-corrected chi connectivity index (χ1v) is 10.9. The van der Waals surface area contributed by atoms with Crippen LogP contribution in [0, 0.1) is 11.3 Å². The van der Waals surface area contributed by atoms with E-state index in [4.69, 9.17) is 15.9 Å². The highest BCUT2D eigenvalue weighted by atomic mass is 16.5. The van der Waals surface area contributed by atoms with Crippen molar-refractivity contribution >= 4 is 28.8 Å². The van der Waals surface area contributed by atoms with Crippen molar-refractivity contribution in [3.05, 3.63) is 47.7 Å². The van der Waals surface area contributed by atoms with Crippen LogP contribution in [0.3, 0.4) is 0 Å². The molecule has 1 saturated carbocycles. The Kier molecular flexibility index (Phi) is 6.79. The number of hydrogen-bond acceptors (Lipinski definition) is 7. The van der Waals surface area contributed by atoms with Gasteiger partial charge in [-0.15, -0.1) is 0 Å². The van der Waals surface area contributed by atoms with E-state index in [1.807, 2.05) is 30.3 Å². The molecule has 8 heteroatoms. The second kappa shape index (κ2) is 9.89. The number of amides is 1. The van der Waals surface area contributed by atoms with Crippen LogP contribution in [0.4, 0.5) is 5.82 Å². The molecule has 1 saturated heterocycles. The zero-order valence-electron chi connectivity index (χ0n) is 17.6. The number of rotatable bonds is 9. The van der Waals surface area contributed by atoms with Crippen molar-refractivity contribution in [1.82, 2.24) is 15.2 Å². The van der Waals surface area contributed by atoms with E-state index in [0.717, 1.165) is 42.3 Å². The van der Waals surface area contributed by atoms with Crippen molar-refractivity contribution in [2.24, 2.45) is 11.7 Å². The molecule has 4 rings (SSSR count). The van der Waals surface area contributed by atoms with E-state index in [2.05, 4.69) is 20.5 Å². The first-order valence-electron chi connectivity index (χ1n) is 10.9. The molecule has 0 radical (unpaired) electrons. The van der Waals surface area contributed by atoms with E-state index in [0.29, 0.717) is 30.9 Å². The number of carbonyl (C=O) groups is 1. The zero-order chi connectivity index (χ0) is 21.6. The number of aromatic nitrogens is 1. The van der Waals surface area contributed by atoms with Gasteiger partial charge in [0.15, 0.2) is 0 Å². The molecule has 1 atom stereocenters. The number of morpholine rings is 1. The van der Waals surface area contributed by atoms with Gasteiger partial charge in [-0.25, -0.2) is 4.98 Å². The number of nitrogens with two attached hydrogens (primary N) is 1. The minimum atomic E-state index is -0.165. The Balaban J connectivity index is 1.47. The van der Waals surface area contributed by atoms with E-state index in [1.165, 1.54) is 25.3 Å².